The molecule has 1 rings (SSSR count). The molecule has 28 heteroatoms. The number of aliphatic imine (C=N–C) groups is 2. The normalized spacial score (nSPS) is 14.8. The zero-order valence-corrected chi connectivity index (χ0v) is 53.1. The van der Waals surface area contributed by atoms with Crippen LogP contribution in [0.3, 0.4) is 0 Å². The number of benzene rings is 1. The van der Waals surface area contributed by atoms with E-state index in [-0.39, 0.29) is 118 Å². The van der Waals surface area contributed by atoms with Gasteiger partial charge in [-0.3, -0.25) is 53.1 Å². The summed E-state index contributed by atoms with van der Waals surface area (Å²) in [4.78, 5) is 146. The van der Waals surface area contributed by atoms with Crippen molar-refractivity contribution in [1.29, 1.82) is 0 Å². The molecule has 0 fully saturated rings. The highest BCUT2D eigenvalue weighted by molar-refractivity contribution is 5.98. The summed E-state index contributed by atoms with van der Waals surface area (Å²) in [6.45, 7) is 21.5. The number of aromatic hydroxyl groups is 1. The number of carboxylic acid groups (broad SMARTS) is 1. The Morgan fingerprint density at radius 3 is 1.16 bits per heavy atom. The first-order chi connectivity index (χ1) is 40.6. The Morgan fingerprint density at radius 2 is 0.805 bits per heavy atom. The average Bonchev–Trinajstić information content (AvgIpc) is 3.51. The quantitative estimate of drug-likeness (QED) is 0.0228. The summed E-state index contributed by atoms with van der Waals surface area (Å²) in [7, 11) is 0. The molecule has 0 radical (unpaired) electrons. The summed E-state index contributed by atoms with van der Waals surface area (Å²) in [5.41, 5.74) is 28.6. The summed E-state index contributed by atoms with van der Waals surface area (Å²) in [5, 5.41) is 43.6. The van der Waals surface area contributed by atoms with Crippen LogP contribution in [0.1, 0.15) is 153 Å². The van der Waals surface area contributed by atoms with Gasteiger partial charge >= 0.3 is 5.97 Å². The second-order valence-corrected chi connectivity index (χ2v) is 24.4. The number of nitrogens with two attached hydrogens (primary N) is 5. The van der Waals surface area contributed by atoms with Gasteiger partial charge < -0.3 is 86.7 Å². The van der Waals surface area contributed by atoms with Crippen LogP contribution in [0.2, 0.25) is 0 Å². The molecule has 10 atom stereocenters. The lowest BCUT2D eigenvalue weighted by molar-refractivity contribution is -0.141. The molecule has 1 aromatic carbocycles. The van der Waals surface area contributed by atoms with E-state index in [1.807, 2.05) is 69.2 Å². The Labute approximate surface area is 512 Å². The smallest absolute Gasteiger partial charge is 0.326 e. The van der Waals surface area contributed by atoms with Gasteiger partial charge in [0.05, 0.1) is 12.6 Å². The molecule has 0 unspecified atom stereocenters. The molecule has 28 nitrogen and oxygen atoms in total. The number of nitrogens with one attached hydrogen (secondary N) is 9. The molecule has 0 saturated carbocycles. The van der Waals surface area contributed by atoms with Gasteiger partial charge in [0.15, 0.2) is 11.9 Å². The first kappa shape index (κ1) is 77.2. The average molecular weight is 1230 g/mol. The standard InChI is InChI=1S/C59H104N16O12/c1-13-36(12)48(56(85)67-30-47(77)68-46(57(86)87)29-37-18-20-38(76)21-19-37)75-55(84)45(28-35(10)11)74-53(82)43(26-33(6)7)71-50(79)40(17-15-23-66-59(63)64)69-51(80)42(25-32(4)5)72-54(83)44(27-34(8)9)73-52(81)41(24-31(2)3)70-49(78)39(60)16-14-22-65-58(61)62/h18-21,31-36,39-46,48,76H,13-17,22-30,60H2,1-12H3,(H,67,85)(H,68,77)(H,69,80)(H,70,78)(H,71,79)(H,72,83)(H,73,81)(H,74,82)(H,75,84)(H,86,87)(H4,61,62,65)(H4,63,64,66)/t36-,39-,40-,41-,42-,43-,44-,45-,46-,48-/m0/s1. The summed E-state index contributed by atoms with van der Waals surface area (Å²) in [6, 6.07) is -5.08. The Hall–Kier alpha value is -7.78. The van der Waals surface area contributed by atoms with E-state index < -0.39 is 126 Å². The van der Waals surface area contributed by atoms with Crippen LogP contribution in [0.5, 0.6) is 5.75 Å². The van der Waals surface area contributed by atoms with Crippen LogP contribution in [0.4, 0.5) is 0 Å². The summed E-state index contributed by atoms with van der Waals surface area (Å²) >= 11 is 0. The van der Waals surface area contributed by atoms with Crippen LogP contribution in [-0.2, 0) is 54.4 Å². The molecule has 87 heavy (non-hydrogen) atoms. The molecular weight excluding hydrogens is 1120 g/mol. The number of hydrogen-bond donors (Lipinski definition) is 16. The number of aliphatic carboxylic acids is 1. The van der Waals surface area contributed by atoms with Crippen molar-refractivity contribution in [1.82, 2.24) is 47.9 Å². The third kappa shape index (κ3) is 32.0. The predicted octanol–water partition coefficient (Wildman–Crippen LogP) is -0.275. The molecule has 0 aliphatic rings. The minimum Gasteiger partial charge on any atom is -0.508 e. The first-order valence-electron chi connectivity index (χ1n) is 30.2. The second kappa shape index (κ2) is 39.8. The molecule has 21 N–H and O–H groups in total. The van der Waals surface area contributed by atoms with Crippen LogP contribution in [-0.4, -0.2) is 155 Å². The number of carbonyl (C=O) groups is 10. The third-order valence-electron chi connectivity index (χ3n) is 13.8. The van der Waals surface area contributed by atoms with Crippen LogP contribution in [0, 0.1) is 35.5 Å². The number of amides is 9. The first-order valence-corrected chi connectivity index (χ1v) is 30.2. The molecule has 1 aromatic rings. The van der Waals surface area contributed by atoms with Crippen molar-refractivity contribution in [3.8, 4) is 5.75 Å². The maximum atomic E-state index is 14.5. The molecule has 492 valence electrons. The van der Waals surface area contributed by atoms with Gasteiger partial charge in [0.1, 0.15) is 54.1 Å². The van der Waals surface area contributed by atoms with Crippen LogP contribution in [0.25, 0.3) is 0 Å². The minimum absolute atomic E-state index is 0.0210. The molecule has 0 bridgehead atoms. The topological polar surface area (TPSA) is 474 Å². The zero-order chi connectivity index (χ0) is 66.2. The number of rotatable bonds is 41. The van der Waals surface area contributed by atoms with Gasteiger partial charge in [-0.05, 0) is 111 Å². The maximum Gasteiger partial charge on any atom is 0.326 e. The number of carboxylic acids is 1. The van der Waals surface area contributed by atoms with Gasteiger partial charge in [-0.25, -0.2) is 4.79 Å². The van der Waals surface area contributed by atoms with Crippen molar-refractivity contribution in [2.24, 2.45) is 74.2 Å². The molecule has 0 aliphatic heterocycles. The van der Waals surface area contributed by atoms with E-state index in [0.717, 1.165) is 0 Å². The van der Waals surface area contributed by atoms with Crippen LogP contribution >= 0.6 is 0 Å². The van der Waals surface area contributed by atoms with E-state index in [0.29, 0.717) is 18.4 Å². The van der Waals surface area contributed by atoms with Gasteiger partial charge in [0.25, 0.3) is 0 Å². The highest BCUT2D eigenvalue weighted by Crippen LogP contribution is 2.17. The van der Waals surface area contributed by atoms with Gasteiger partial charge in [0.2, 0.25) is 53.2 Å². The lowest BCUT2D eigenvalue weighted by atomic mass is 9.96. The fourth-order valence-corrected chi connectivity index (χ4v) is 9.12. The highest BCUT2D eigenvalue weighted by atomic mass is 16.4. The molecule has 0 saturated heterocycles. The summed E-state index contributed by atoms with van der Waals surface area (Å²) in [5.74, 6) is -9.37. The van der Waals surface area contributed by atoms with E-state index in [2.05, 4.69) is 57.8 Å². The number of hydrogen-bond acceptors (Lipinski definition) is 14. The highest BCUT2D eigenvalue weighted by Gasteiger charge is 2.36. The van der Waals surface area contributed by atoms with Crippen molar-refractivity contribution in [3.05, 3.63) is 29.8 Å². The lowest BCUT2D eigenvalue weighted by Crippen LogP contribution is -2.61. The number of phenols is 1. The largest absolute Gasteiger partial charge is 0.508 e. The second-order valence-electron chi connectivity index (χ2n) is 24.4. The Bertz CT molecular complexity index is 2450. The molecule has 0 spiro atoms. The van der Waals surface area contributed by atoms with Crippen molar-refractivity contribution in [2.75, 3.05) is 19.6 Å². The maximum absolute atomic E-state index is 14.5. The molecule has 9 amide bonds. The Balaban J connectivity index is 3.49. The zero-order valence-electron chi connectivity index (χ0n) is 53.1. The Morgan fingerprint density at radius 1 is 0.460 bits per heavy atom. The van der Waals surface area contributed by atoms with E-state index in [9.17, 15) is 58.2 Å². The molecule has 0 heterocycles. The number of nitrogens with zero attached hydrogens (tertiary/aromatic N) is 2. The fraction of sp³-hybridized carbons (Fsp3) is 0.695. The number of guanidine groups is 2. The van der Waals surface area contributed by atoms with Crippen LogP contribution in [0.15, 0.2) is 34.3 Å². The molecule has 0 aliphatic carbocycles. The lowest BCUT2D eigenvalue weighted by Gasteiger charge is -2.30. The molecule has 0 aromatic heterocycles. The van der Waals surface area contributed by atoms with Gasteiger partial charge in [-0.2, -0.15) is 0 Å². The number of phenolic OH excluding ortho intramolecular Hbond substituents is 1. The number of carbonyl (C=O) groups excluding carboxylic acids is 9. The van der Waals surface area contributed by atoms with Crippen molar-refractivity contribution >= 4 is 71.1 Å². The Kier molecular flexibility index (Phi) is 35.4. The third-order valence-corrected chi connectivity index (χ3v) is 13.8. The molecular formula is C59H104N16O12. The fourth-order valence-electron chi connectivity index (χ4n) is 9.12. The SMILES string of the molecule is CC[C@H](C)[C@H](NC(=O)[C@H](CC(C)C)NC(=O)[C@H](CC(C)C)NC(=O)[C@H](CCCN=C(N)N)NC(=O)[C@H](CC(C)C)NC(=O)[C@H](CC(C)C)NC(=O)[C@H](CC(C)C)NC(=O)[C@@H](N)CCCN=C(N)N)C(=O)NCC(=O)N[C@@H](Cc1ccc(O)cc1)C(=O)O. The minimum atomic E-state index is -1.36. The van der Waals surface area contributed by atoms with Crippen LogP contribution < -0.4 is 76.5 Å². The van der Waals surface area contributed by atoms with Gasteiger partial charge in [-0.15, -0.1) is 0 Å². The van der Waals surface area contributed by atoms with Gasteiger partial charge in [-0.1, -0.05) is 102 Å². The van der Waals surface area contributed by atoms with Crippen molar-refractivity contribution < 1.29 is 58.2 Å². The predicted molar refractivity (Wildman–Crippen MR) is 332 cm³/mol. The summed E-state index contributed by atoms with van der Waals surface area (Å²) in [6.07, 6.45) is 1.68. The van der Waals surface area contributed by atoms with Crippen molar-refractivity contribution in [2.45, 2.75) is 208 Å². The van der Waals surface area contributed by atoms with E-state index >= 15 is 0 Å². The monoisotopic (exact) mass is 1230 g/mol. The van der Waals surface area contributed by atoms with Crippen molar-refractivity contribution in [3.63, 3.8) is 0 Å². The summed E-state index contributed by atoms with van der Waals surface area (Å²) < 4.78 is 0. The van der Waals surface area contributed by atoms with E-state index in [4.69, 9.17) is 28.7 Å². The van der Waals surface area contributed by atoms with E-state index in [1.54, 1.807) is 13.8 Å². The van der Waals surface area contributed by atoms with Gasteiger partial charge in [0, 0.05) is 19.5 Å². The van der Waals surface area contributed by atoms with E-state index in [1.165, 1.54) is 24.3 Å².